The minimum absolute atomic E-state index is 0.391. The SMILES string of the molecule is Cc1nc(Cl)c(NCc2nccn2C)nc1C. The molecule has 0 unspecified atom stereocenters. The van der Waals surface area contributed by atoms with Gasteiger partial charge in [0.25, 0.3) is 0 Å². The predicted octanol–water partition coefficient (Wildman–Crippen LogP) is 2.09. The molecule has 2 heterocycles. The number of nitrogens with one attached hydrogen (secondary N) is 1. The van der Waals surface area contributed by atoms with Crippen LogP contribution in [0.1, 0.15) is 17.2 Å². The number of anilines is 1. The number of aromatic nitrogens is 4. The van der Waals surface area contributed by atoms with Crippen LogP contribution in [-0.4, -0.2) is 19.5 Å². The summed E-state index contributed by atoms with van der Waals surface area (Å²) < 4.78 is 1.94. The largest absolute Gasteiger partial charge is 0.360 e. The first-order chi connectivity index (χ1) is 8.08. The van der Waals surface area contributed by atoms with Crippen molar-refractivity contribution in [3.63, 3.8) is 0 Å². The molecular weight excluding hydrogens is 238 g/mol. The summed E-state index contributed by atoms with van der Waals surface area (Å²) in [4.78, 5) is 12.8. The second-order valence-electron chi connectivity index (χ2n) is 3.84. The van der Waals surface area contributed by atoms with Gasteiger partial charge in [-0.15, -0.1) is 0 Å². The minimum atomic E-state index is 0.391. The van der Waals surface area contributed by atoms with Crippen molar-refractivity contribution in [1.82, 2.24) is 19.5 Å². The van der Waals surface area contributed by atoms with Crippen LogP contribution in [0.5, 0.6) is 0 Å². The Hall–Kier alpha value is -1.62. The maximum atomic E-state index is 6.02. The van der Waals surface area contributed by atoms with Gasteiger partial charge >= 0.3 is 0 Å². The van der Waals surface area contributed by atoms with Crippen LogP contribution in [0.25, 0.3) is 0 Å². The molecule has 0 aromatic carbocycles. The Kier molecular flexibility index (Phi) is 3.28. The van der Waals surface area contributed by atoms with Gasteiger partial charge in [-0.1, -0.05) is 11.6 Å². The summed E-state index contributed by atoms with van der Waals surface area (Å²) in [7, 11) is 1.94. The van der Waals surface area contributed by atoms with Crippen molar-refractivity contribution in [3.05, 3.63) is 34.8 Å². The molecule has 2 rings (SSSR count). The smallest absolute Gasteiger partial charge is 0.171 e. The monoisotopic (exact) mass is 251 g/mol. The summed E-state index contributed by atoms with van der Waals surface area (Å²) >= 11 is 6.02. The molecule has 0 amide bonds. The molecule has 0 radical (unpaired) electrons. The van der Waals surface area contributed by atoms with E-state index in [2.05, 4.69) is 20.3 Å². The molecule has 2 aromatic heterocycles. The Morgan fingerprint density at radius 1 is 1.29 bits per heavy atom. The van der Waals surface area contributed by atoms with E-state index in [0.717, 1.165) is 17.2 Å². The van der Waals surface area contributed by atoms with Gasteiger partial charge in [-0.05, 0) is 13.8 Å². The average Bonchev–Trinajstić information content (AvgIpc) is 2.68. The van der Waals surface area contributed by atoms with E-state index in [1.807, 2.05) is 31.7 Å². The molecule has 90 valence electrons. The van der Waals surface area contributed by atoms with Crippen molar-refractivity contribution in [3.8, 4) is 0 Å². The molecule has 0 saturated heterocycles. The van der Waals surface area contributed by atoms with Crippen LogP contribution in [0.3, 0.4) is 0 Å². The Morgan fingerprint density at radius 2 is 2.00 bits per heavy atom. The fourth-order valence-corrected chi connectivity index (χ4v) is 1.65. The highest BCUT2D eigenvalue weighted by Crippen LogP contribution is 2.18. The van der Waals surface area contributed by atoms with E-state index >= 15 is 0 Å². The zero-order chi connectivity index (χ0) is 12.4. The lowest BCUT2D eigenvalue weighted by molar-refractivity contribution is 0.809. The van der Waals surface area contributed by atoms with E-state index in [1.165, 1.54) is 0 Å². The van der Waals surface area contributed by atoms with Gasteiger partial charge in [-0.25, -0.2) is 15.0 Å². The first-order valence-electron chi connectivity index (χ1n) is 5.28. The van der Waals surface area contributed by atoms with Gasteiger partial charge in [0.1, 0.15) is 5.82 Å². The van der Waals surface area contributed by atoms with E-state index < -0.39 is 0 Å². The number of imidazole rings is 1. The quantitative estimate of drug-likeness (QED) is 0.908. The molecule has 0 aliphatic rings. The number of rotatable bonds is 3. The number of hydrogen-bond donors (Lipinski definition) is 1. The third-order valence-electron chi connectivity index (χ3n) is 2.60. The van der Waals surface area contributed by atoms with Gasteiger partial charge in [0.15, 0.2) is 11.0 Å². The average molecular weight is 252 g/mol. The summed E-state index contributed by atoms with van der Waals surface area (Å²) in [5, 5.41) is 3.53. The van der Waals surface area contributed by atoms with Crippen molar-refractivity contribution in [1.29, 1.82) is 0 Å². The van der Waals surface area contributed by atoms with Crippen molar-refractivity contribution in [2.24, 2.45) is 7.05 Å². The molecule has 17 heavy (non-hydrogen) atoms. The first kappa shape index (κ1) is 11.9. The lowest BCUT2D eigenvalue weighted by Crippen LogP contribution is -2.08. The summed E-state index contributed by atoms with van der Waals surface area (Å²) in [6, 6.07) is 0. The molecule has 2 aromatic rings. The molecule has 0 spiro atoms. The van der Waals surface area contributed by atoms with Crippen LogP contribution in [0.4, 0.5) is 5.82 Å². The van der Waals surface area contributed by atoms with Gasteiger partial charge in [0.05, 0.1) is 17.9 Å². The summed E-state index contributed by atoms with van der Waals surface area (Å²) in [5.41, 5.74) is 1.72. The van der Waals surface area contributed by atoms with Crippen LogP contribution >= 0.6 is 11.6 Å². The highest BCUT2D eigenvalue weighted by molar-refractivity contribution is 6.31. The van der Waals surface area contributed by atoms with Gasteiger partial charge in [-0.3, -0.25) is 0 Å². The van der Waals surface area contributed by atoms with E-state index in [4.69, 9.17) is 11.6 Å². The van der Waals surface area contributed by atoms with E-state index in [1.54, 1.807) is 6.20 Å². The third kappa shape index (κ3) is 2.55. The summed E-state index contributed by atoms with van der Waals surface area (Å²) in [6.07, 6.45) is 3.65. The van der Waals surface area contributed by atoms with Crippen molar-refractivity contribution >= 4 is 17.4 Å². The van der Waals surface area contributed by atoms with E-state index in [9.17, 15) is 0 Å². The second-order valence-corrected chi connectivity index (χ2v) is 4.20. The second kappa shape index (κ2) is 4.71. The van der Waals surface area contributed by atoms with E-state index in [0.29, 0.717) is 17.5 Å². The lowest BCUT2D eigenvalue weighted by Gasteiger charge is -2.09. The number of aryl methyl sites for hydroxylation is 3. The maximum Gasteiger partial charge on any atom is 0.171 e. The molecule has 0 bridgehead atoms. The molecular formula is C11H14ClN5. The fourth-order valence-electron chi connectivity index (χ4n) is 1.42. The normalized spacial score (nSPS) is 10.6. The van der Waals surface area contributed by atoms with Crippen LogP contribution in [0, 0.1) is 13.8 Å². The Labute approximate surface area is 105 Å². The van der Waals surface area contributed by atoms with Gasteiger partial charge in [0, 0.05) is 19.4 Å². The number of nitrogens with zero attached hydrogens (tertiary/aromatic N) is 4. The molecule has 6 heteroatoms. The van der Waals surface area contributed by atoms with Crippen LogP contribution in [-0.2, 0) is 13.6 Å². The molecule has 0 saturated carbocycles. The molecule has 0 fully saturated rings. The third-order valence-corrected chi connectivity index (χ3v) is 2.86. The molecule has 1 N–H and O–H groups in total. The van der Waals surface area contributed by atoms with Gasteiger partial charge < -0.3 is 9.88 Å². The zero-order valence-corrected chi connectivity index (χ0v) is 10.8. The minimum Gasteiger partial charge on any atom is -0.360 e. The van der Waals surface area contributed by atoms with Crippen molar-refractivity contribution < 1.29 is 0 Å². The Bertz CT molecular complexity index is 535. The van der Waals surface area contributed by atoms with Crippen molar-refractivity contribution in [2.45, 2.75) is 20.4 Å². The van der Waals surface area contributed by atoms with Crippen LogP contribution in [0.15, 0.2) is 12.4 Å². The zero-order valence-electron chi connectivity index (χ0n) is 10.0. The van der Waals surface area contributed by atoms with Crippen molar-refractivity contribution in [2.75, 3.05) is 5.32 Å². The van der Waals surface area contributed by atoms with Gasteiger partial charge in [0.2, 0.25) is 0 Å². The molecule has 0 aliphatic heterocycles. The molecule has 5 nitrogen and oxygen atoms in total. The number of hydrogen-bond acceptors (Lipinski definition) is 4. The lowest BCUT2D eigenvalue weighted by atomic mass is 10.3. The molecule has 0 atom stereocenters. The Balaban J connectivity index is 2.14. The van der Waals surface area contributed by atoms with Gasteiger partial charge in [-0.2, -0.15) is 0 Å². The molecule has 0 aliphatic carbocycles. The number of halogens is 1. The van der Waals surface area contributed by atoms with Crippen LogP contribution in [0.2, 0.25) is 5.15 Å². The van der Waals surface area contributed by atoms with E-state index in [-0.39, 0.29) is 0 Å². The topological polar surface area (TPSA) is 55.6 Å². The maximum absolute atomic E-state index is 6.02. The standard InChI is InChI=1S/C11H14ClN5/c1-7-8(2)16-11(10(12)15-7)14-6-9-13-4-5-17(9)3/h4-5H,6H2,1-3H3,(H,14,16). The predicted molar refractivity (Wildman–Crippen MR) is 67.1 cm³/mol. The summed E-state index contributed by atoms with van der Waals surface area (Å²) in [5.74, 6) is 1.51. The highest BCUT2D eigenvalue weighted by atomic mass is 35.5. The van der Waals surface area contributed by atoms with Crippen LogP contribution < -0.4 is 5.32 Å². The first-order valence-corrected chi connectivity index (χ1v) is 5.66. The summed E-state index contributed by atoms with van der Waals surface area (Å²) in [6.45, 7) is 4.36. The highest BCUT2D eigenvalue weighted by Gasteiger charge is 2.07. The Morgan fingerprint density at radius 3 is 2.65 bits per heavy atom. The fraction of sp³-hybridized carbons (Fsp3) is 0.364.